The molecule has 148 valence electrons. The van der Waals surface area contributed by atoms with Crippen LogP contribution < -0.4 is 20.1 Å². The molecule has 0 saturated heterocycles. The molecule has 1 aromatic carbocycles. The van der Waals surface area contributed by atoms with Gasteiger partial charge in [-0.25, -0.2) is 9.59 Å². The van der Waals surface area contributed by atoms with Gasteiger partial charge >= 0.3 is 11.9 Å². The van der Waals surface area contributed by atoms with Gasteiger partial charge in [-0.05, 0) is 42.4 Å². The van der Waals surface area contributed by atoms with Gasteiger partial charge in [0.25, 0.3) is 0 Å². The van der Waals surface area contributed by atoms with Crippen LogP contribution in [0.15, 0.2) is 18.2 Å². The SMILES string of the molecule is COC(=O)c1sc(NC(=S)NCc2ccc3c(c2)OCO3)c(C(=O)OC)c1C. The summed E-state index contributed by atoms with van der Waals surface area (Å²) in [5.74, 6) is 0.296. The van der Waals surface area contributed by atoms with E-state index in [1.165, 1.54) is 14.2 Å². The Kier molecular flexibility index (Phi) is 6.00. The lowest BCUT2D eigenvalue weighted by Crippen LogP contribution is -2.28. The monoisotopic (exact) mass is 422 g/mol. The summed E-state index contributed by atoms with van der Waals surface area (Å²) in [6.45, 7) is 2.30. The molecule has 0 unspecified atom stereocenters. The van der Waals surface area contributed by atoms with Gasteiger partial charge in [-0.3, -0.25) is 0 Å². The summed E-state index contributed by atoms with van der Waals surface area (Å²) in [5, 5.41) is 6.72. The molecule has 0 fully saturated rings. The minimum Gasteiger partial charge on any atom is -0.465 e. The Hall–Kier alpha value is -2.85. The van der Waals surface area contributed by atoms with Crippen LogP contribution in [0.25, 0.3) is 0 Å². The fourth-order valence-electron chi connectivity index (χ4n) is 2.62. The molecule has 0 spiro atoms. The number of carbonyl (C=O) groups is 2. The van der Waals surface area contributed by atoms with Gasteiger partial charge in [0.1, 0.15) is 9.88 Å². The topological polar surface area (TPSA) is 95.1 Å². The van der Waals surface area contributed by atoms with E-state index < -0.39 is 11.9 Å². The molecule has 0 aliphatic carbocycles. The molecule has 0 saturated carbocycles. The summed E-state index contributed by atoms with van der Waals surface area (Å²) in [6.07, 6.45) is 0. The van der Waals surface area contributed by atoms with Gasteiger partial charge < -0.3 is 29.6 Å². The lowest BCUT2D eigenvalue weighted by atomic mass is 10.1. The minimum absolute atomic E-state index is 0.211. The standard InChI is InChI=1S/C18H18N2O6S2/c1-9-13(16(21)23-2)15(28-14(9)17(22)24-3)20-18(27)19-7-10-4-5-11-12(6-10)26-8-25-11/h4-6H,7-8H2,1-3H3,(H2,19,20,27). The second-order valence-electron chi connectivity index (χ2n) is 5.74. The summed E-state index contributed by atoms with van der Waals surface area (Å²) < 4.78 is 20.2. The quantitative estimate of drug-likeness (QED) is 0.557. The summed E-state index contributed by atoms with van der Waals surface area (Å²) in [4.78, 5) is 24.4. The molecule has 28 heavy (non-hydrogen) atoms. The van der Waals surface area contributed by atoms with Crippen LogP contribution in [0.5, 0.6) is 11.5 Å². The number of thiophene rings is 1. The Labute approximate surface area is 170 Å². The number of benzene rings is 1. The van der Waals surface area contributed by atoms with Crippen molar-refractivity contribution < 1.29 is 28.5 Å². The molecule has 8 nitrogen and oxygen atoms in total. The van der Waals surface area contributed by atoms with Crippen molar-refractivity contribution in [3.8, 4) is 11.5 Å². The summed E-state index contributed by atoms with van der Waals surface area (Å²) in [6, 6.07) is 5.59. The van der Waals surface area contributed by atoms with Crippen LogP contribution >= 0.6 is 23.6 Å². The molecule has 1 aliphatic heterocycles. The zero-order chi connectivity index (χ0) is 20.3. The van der Waals surface area contributed by atoms with Gasteiger partial charge in [0.05, 0.1) is 19.8 Å². The van der Waals surface area contributed by atoms with Crippen molar-refractivity contribution in [3.05, 3.63) is 39.8 Å². The lowest BCUT2D eigenvalue weighted by molar-refractivity contribution is 0.0601. The molecule has 1 aromatic heterocycles. The molecule has 2 aromatic rings. The molecule has 3 rings (SSSR count). The van der Waals surface area contributed by atoms with Crippen LogP contribution in [-0.4, -0.2) is 38.1 Å². The molecular weight excluding hydrogens is 404 g/mol. The second kappa shape index (κ2) is 8.44. The molecule has 0 atom stereocenters. The summed E-state index contributed by atoms with van der Waals surface area (Å²) in [5.41, 5.74) is 1.67. The number of esters is 2. The number of methoxy groups -OCH3 is 2. The van der Waals surface area contributed by atoms with E-state index in [-0.39, 0.29) is 12.4 Å². The predicted molar refractivity (Wildman–Crippen MR) is 107 cm³/mol. The largest absolute Gasteiger partial charge is 0.465 e. The predicted octanol–water partition coefficient (Wildman–Crippen LogP) is 2.85. The number of carbonyl (C=O) groups excluding carboxylic acids is 2. The first kappa shape index (κ1) is 19.9. The van der Waals surface area contributed by atoms with E-state index in [1.54, 1.807) is 6.92 Å². The zero-order valence-electron chi connectivity index (χ0n) is 15.4. The Bertz CT molecular complexity index is 940. The molecule has 0 amide bonds. The molecule has 0 radical (unpaired) electrons. The van der Waals surface area contributed by atoms with Crippen LogP contribution in [0, 0.1) is 6.92 Å². The molecule has 2 heterocycles. The number of hydrogen-bond acceptors (Lipinski definition) is 8. The van der Waals surface area contributed by atoms with Crippen LogP contribution in [0.3, 0.4) is 0 Å². The maximum atomic E-state index is 12.2. The van der Waals surface area contributed by atoms with Crippen molar-refractivity contribution in [2.75, 3.05) is 26.3 Å². The van der Waals surface area contributed by atoms with Crippen molar-refractivity contribution in [1.82, 2.24) is 5.32 Å². The van der Waals surface area contributed by atoms with Crippen molar-refractivity contribution in [1.29, 1.82) is 0 Å². The summed E-state index contributed by atoms with van der Waals surface area (Å²) >= 11 is 6.40. The third-order valence-electron chi connectivity index (χ3n) is 4.02. The van der Waals surface area contributed by atoms with Crippen LogP contribution in [0.1, 0.15) is 31.2 Å². The maximum absolute atomic E-state index is 12.2. The van der Waals surface area contributed by atoms with Gasteiger partial charge in [-0.2, -0.15) is 0 Å². The van der Waals surface area contributed by atoms with Gasteiger partial charge in [0.15, 0.2) is 16.6 Å². The van der Waals surface area contributed by atoms with Crippen molar-refractivity contribution in [2.24, 2.45) is 0 Å². The van der Waals surface area contributed by atoms with E-state index in [1.807, 2.05) is 18.2 Å². The van der Waals surface area contributed by atoms with Crippen molar-refractivity contribution in [2.45, 2.75) is 13.5 Å². The van der Waals surface area contributed by atoms with Crippen molar-refractivity contribution in [3.63, 3.8) is 0 Å². The zero-order valence-corrected chi connectivity index (χ0v) is 17.0. The van der Waals surface area contributed by atoms with E-state index >= 15 is 0 Å². The fraction of sp³-hybridized carbons (Fsp3) is 0.278. The molecule has 1 aliphatic rings. The van der Waals surface area contributed by atoms with E-state index in [0.717, 1.165) is 16.9 Å². The lowest BCUT2D eigenvalue weighted by Gasteiger charge is -2.11. The molecule has 2 N–H and O–H groups in total. The Morgan fingerprint density at radius 2 is 1.89 bits per heavy atom. The van der Waals surface area contributed by atoms with Gasteiger partial charge in [0, 0.05) is 6.54 Å². The number of fused-ring (bicyclic) bond motifs is 1. The Morgan fingerprint density at radius 1 is 1.18 bits per heavy atom. The van der Waals surface area contributed by atoms with Crippen LogP contribution in [-0.2, 0) is 16.0 Å². The number of hydrogen-bond donors (Lipinski definition) is 2. The summed E-state index contributed by atoms with van der Waals surface area (Å²) in [7, 11) is 2.56. The first-order valence-electron chi connectivity index (χ1n) is 8.18. The number of nitrogens with one attached hydrogen (secondary N) is 2. The third kappa shape index (κ3) is 4.02. The third-order valence-corrected chi connectivity index (χ3v) is 5.46. The smallest absolute Gasteiger partial charge is 0.348 e. The number of ether oxygens (including phenoxy) is 4. The Morgan fingerprint density at radius 3 is 2.61 bits per heavy atom. The van der Waals surface area contributed by atoms with E-state index in [4.69, 9.17) is 31.2 Å². The van der Waals surface area contributed by atoms with Gasteiger partial charge in [0.2, 0.25) is 6.79 Å². The highest BCUT2D eigenvalue weighted by atomic mass is 32.1. The average molecular weight is 422 g/mol. The Balaban J connectivity index is 1.72. The molecule has 0 bridgehead atoms. The first-order valence-corrected chi connectivity index (χ1v) is 9.40. The van der Waals surface area contributed by atoms with Gasteiger partial charge in [-0.1, -0.05) is 6.07 Å². The number of rotatable bonds is 5. The first-order chi connectivity index (χ1) is 13.4. The molecular formula is C18H18N2O6S2. The normalized spacial score (nSPS) is 11.7. The van der Waals surface area contributed by atoms with E-state index in [0.29, 0.717) is 38.6 Å². The highest BCUT2D eigenvalue weighted by molar-refractivity contribution is 7.80. The highest BCUT2D eigenvalue weighted by Gasteiger charge is 2.26. The van der Waals surface area contributed by atoms with Crippen LogP contribution in [0.2, 0.25) is 0 Å². The second-order valence-corrected chi connectivity index (χ2v) is 7.17. The van der Waals surface area contributed by atoms with E-state index in [2.05, 4.69) is 10.6 Å². The fourth-order valence-corrected chi connectivity index (χ4v) is 3.97. The minimum atomic E-state index is -0.565. The average Bonchev–Trinajstić information content (AvgIpc) is 3.29. The van der Waals surface area contributed by atoms with E-state index in [9.17, 15) is 9.59 Å². The van der Waals surface area contributed by atoms with Gasteiger partial charge in [-0.15, -0.1) is 11.3 Å². The number of anilines is 1. The highest BCUT2D eigenvalue weighted by Crippen LogP contribution is 2.34. The van der Waals surface area contributed by atoms with Crippen molar-refractivity contribution >= 4 is 45.6 Å². The number of thiocarbonyl (C=S) groups is 1. The van der Waals surface area contributed by atoms with Crippen LogP contribution in [0.4, 0.5) is 5.00 Å². The maximum Gasteiger partial charge on any atom is 0.348 e. The molecule has 10 heteroatoms.